The van der Waals surface area contributed by atoms with Gasteiger partial charge in [-0.2, -0.15) is 0 Å². The zero-order valence-electron chi connectivity index (χ0n) is 17.6. The fourth-order valence-corrected chi connectivity index (χ4v) is 4.12. The summed E-state index contributed by atoms with van der Waals surface area (Å²) in [6.45, 7) is 2.96. The number of carbonyl (C=O) groups is 1. The van der Waals surface area contributed by atoms with E-state index in [1.165, 1.54) is 13.2 Å². The second-order valence-corrected chi connectivity index (χ2v) is 7.96. The van der Waals surface area contributed by atoms with E-state index in [-0.39, 0.29) is 12.3 Å². The van der Waals surface area contributed by atoms with Crippen LogP contribution in [0.15, 0.2) is 48.5 Å². The predicted octanol–water partition coefficient (Wildman–Crippen LogP) is 3.94. The largest absolute Gasteiger partial charge is 0.482 e. The smallest absolute Gasteiger partial charge is 0.317 e. The molecule has 2 aromatic rings. The maximum atomic E-state index is 14.8. The van der Waals surface area contributed by atoms with Gasteiger partial charge in [-0.15, -0.1) is 0 Å². The number of carboxylic acid groups (broad SMARTS) is 1. The third kappa shape index (κ3) is 4.57. The van der Waals surface area contributed by atoms with Crippen molar-refractivity contribution in [1.29, 1.82) is 0 Å². The SMILES string of the molecule is COC(C)Oc1ccc(C2=CC3(CCN(CC(=O)O)CC3)Oc3ccccc32)cc1F. The molecule has 164 valence electrons. The third-order valence-electron chi connectivity index (χ3n) is 5.83. The highest BCUT2D eigenvalue weighted by atomic mass is 19.1. The second kappa shape index (κ2) is 8.69. The molecule has 0 amide bonds. The number of carboxylic acids is 1. The van der Waals surface area contributed by atoms with E-state index in [2.05, 4.69) is 6.08 Å². The summed E-state index contributed by atoms with van der Waals surface area (Å²) in [7, 11) is 1.50. The van der Waals surface area contributed by atoms with Crippen LogP contribution in [0.4, 0.5) is 4.39 Å². The number of para-hydroxylation sites is 1. The lowest BCUT2D eigenvalue weighted by molar-refractivity contribution is -0.139. The van der Waals surface area contributed by atoms with Crippen molar-refractivity contribution in [2.75, 3.05) is 26.7 Å². The zero-order chi connectivity index (χ0) is 22.0. The molecule has 31 heavy (non-hydrogen) atoms. The standard InChI is InChI=1S/C24H26FNO5/c1-16(29-2)30-22-8-7-17(13-20(22)25)19-14-24(31-21-6-4-3-5-18(19)21)9-11-26(12-10-24)15-23(27)28/h3-8,13-14,16H,9-12,15H2,1-2H3,(H,27,28). The van der Waals surface area contributed by atoms with Crippen molar-refractivity contribution in [2.45, 2.75) is 31.7 Å². The van der Waals surface area contributed by atoms with E-state index in [9.17, 15) is 9.18 Å². The molecule has 2 aromatic carbocycles. The predicted molar refractivity (Wildman–Crippen MR) is 114 cm³/mol. The van der Waals surface area contributed by atoms with E-state index < -0.39 is 23.7 Å². The lowest BCUT2D eigenvalue weighted by atomic mass is 9.83. The summed E-state index contributed by atoms with van der Waals surface area (Å²) in [4.78, 5) is 13.0. The maximum Gasteiger partial charge on any atom is 0.317 e. The number of hydrogen-bond acceptors (Lipinski definition) is 5. The highest BCUT2D eigenvalue weighted by Gasteiger charge is 2.39. The van der Waals surface area contributed by atoms with Crippen LogP contribution in [-0.4, -0.2) is 54.6 Å². The average molecular weight is 427 g/mol. The van der Waals surface area contributed by atoms with Crippen molar-refractivity contribution in [3.63, 3.8) is 0 Å². The van der Waals surface area contributed by atoms with Crippen molar-refractivity contribution in [1.82, 2.24) is 4.90 Å². The summed E-state index contributed by atoms with van der Waals surface area (Å²) in [5, 5.41) is 9.07. The molecular weight excluding hydrogens is 401 g/mol. The Morgan fingerprint density at radius 3 is 2.68 bits per heavy atom. The number of piperidine rings is 1. The van der Waals surface area contributed by atoms with Gasteiger partial charge in [0.05, 0.1) is 6.54 Å². The number of aliphatic carboxylic acids is 1. The van der Waals surface area contributed by atoms with Crippen LogP contribution in [-0.2, 0) is 9.53 Å². The van der Waals surface area contributed by atoms with E-state index in [4.69, 9.17) is 19.3 Å². The summed E-state index contributed by atoms with van der Waals surface area (Å²) in [6.07, 6.45) is 2.84. The van der Waals surface area contributed by atoms with Crippen molar-refractivity contribution in [2.24, 2.45) is 0 Å². The Morgan fingerprint density at radius 2 is 2.00 bits per heavy atom. The molecule has 0 bridgehead atoms. The Morgan fingerprint density at radius 1 is 1.26 bits per heavy atom. The molecular formula is C24H26FNO5. The Hall–Kier alpha value is -2.90. The van der Waals surface area contributed by atoms with Crippen molar-refractivity contribution < 1.29 is 28.5 Å². The van der Waals surface area contributed by atoms with E-state index in [0.29, 0.717) is 25.9 Å². The summed E-state index contributed by atoms with van der Waals surface area (Å²) in [5.41, 5.74) is 1.99. The van der Waals surface area contributed by atoms with Gasteiger partial charge in [-0.3, -0.25) is 9.69 Å². The van der Waals surface area contributed by atoms with Gasteiger partial charge in [0.15, 0.2) is 17.9 Å². The molecule has 0 aliphatic carbocycles. The number of benzene rings is 2. The molecule has 0 aromatic heterocycles. The van der Waals surface area contributed by atoms with Gasteiger partial charge in [0.1, 0.15) is 11.4 Å². The Bertz CT molecular complexity index is 997. The molecule has 1 saturated heterocycles. The molecule has 4 rings (SSSR count). The van der Waals surface area contributed by atoms with Crippen molar-refractivity contribution >= 4 is 11.5 Å². The van der Waals surface area contributed by atoms with Gasteiger partial charge in [0.25, 0.3) is 0 Å². The number of nitrogens with zero attached hydrogens (tertiary/aromatic N) is 1. The molecule has 1 fully saturated rings. The van der Waals surface area contributed by atoms with Gasteiger partial charge in [0, 0.05) is 38.6 Å². The average Bonchev–Trinajstić information content (AvgIpc) is 2.76. The number of halogens is 1. The van der Waals surface area contributed by atoms with Gasteiger partial charge in [0.2, 0.25) is 0 Å². The van der Waals surface area contributed by atoms with Gasteiger partial charge in [-0.25, -0.2) is 4.39 Å². The van der Waals surface area contributed by atoms with Gasteiger partial charge >= 0.3 is 5.97 Å². The number of fused-ring (bicyclic) bond motifs is 1. The normalized spacial score (nSPS) is 18.6. The minimum Gasteiger partial charge on any atom is -0.482 e. The first-order valence-corrected chi connectivity index (χ1v) is 10.3. The van der Waals surface area contributed by atoms with Crippen molar-refractivity contribution in [3.8, 4) is 11.5 Å². The summed E-state index contributed by atoms with van der Waals surface area (Å²) in [6, 6.07) is 12.6. The molecule has 1 atom stereocenters. The Labute approximate surface area is 180 Å². The molecule has 0 radical (unpaired) electrons. The van der Waals surface area contributed by atoms with Crippen LogP contribution >= 0.6 is 0 Å². The van der Waals surface area contributed by atoms with Crippen LogP contribution < -0.4 is 9.47 Å². The van der Waals surface area contributed by atoms with Gasteiger partial charge in [-0.05, 0) is 42.3 Å². The molecule has 1 N–H and O–H groups in total. The number of ether oxygens (including phenoxy) is 3. The maximum absolute atomic E-state index is 14.8. The van der Waals surface area contributed by atoms with E-state index in [1.807, 2.05) is 35.2 Å². The fourth-order valence-electron chi connectivity index (χ4n) is 4.12. The molecule has 6 nitrogen and oxygen atoms in total. The number of methoxy groups -OCH3 is 1. The molecule has 0 saturated carbocycles. The highest BCUT2D eigenvalue weighted by Crippen LogP contribution is 2.43. The third-order valence-corrected chi connectivity index (χ3v) is 5.83. The second-order valence-electron chi connectivity index (χ2n) is 7.96. The summed E-state index contributed by atoms with van der Waals surface area (Å²) >= 11 is 0. The molecule has 2 heterocycles. The molecule has 1 unspecified atom stereocenters. The zero-order valence-corrected chi connectivity index (χ0v) is 17.6. The van der Waals surface area contributed by atoms with Crippen LogP contribution in [0.3, 0.4) is 0 Å². The topological polar surface area (TPSA) is 68.2 Å². The monoisotopic (exact) mass is 427 g/mol. The first-order chi connectivity index (χ1) is 14.9. The summed E-state index contributed by atoms with van der Waals surface area (Å²) < 4.78 is 31.7. The fraction of sp³-hybridized carbons (Fsp3) is 0.375. The van der Waals surface area contributed by atoms with Crippen LogP contribution in [0.1, 0.15) is 30.9 Å². The van der Waals surface area contributed by atoms with E-state index >= 15 is 0 Å². The minimum atomic E-state index is -0.831. The van der Waals surface area contributed by atoms with Crippen LogP contribution in [0.2, 0.25) is 0 Å². The Kier molecular flexibility index (Phi) is 5.98. The quantitative estimate of drug-likeness (QED) is 0.705. The highest BCUT2D eigenvalue weighted by molar-refractivity contribution is 5.85. The van der Waals surface area contributed by atoms with E-state index in [1.54, 1.807) is 13.0 Å². The molecule has 7 heteroatoms. The minimum absolute atomic E-state index is 0.0236. The number of hydrogen-bond donors (Lipinski definition) is 1. The first-order valence-electron chi connectivity index (χ1n) is 10.3. The van der Waals surface area contributed by atoms with Crippen LogP contribution in [0.5, 0.6) is 11.5 Å². The van der Waals surface area contributed by atoms with Gasteiger partial charge in [-0.1, -0.05) is 24.3 Å². The van der Waals surface area contributed by atoms with Gasteiger partial charge < -0.3 is 19.3 Å². The van der Waals surface area contributed by atoms with Crippen LogP contribution in [0.25, 0.3) is 5.57 Å². The summed E-state index contributed by atoms with van der Waals surface area (Å²) in [5.74, 6) is -0.407. The molecule has 2 aliphatic rings. The molecule has 2 aliphatic heterocycles. The Balaban J connectivity index is 1.66. The van der Waals surface area contributed by atoms with Crippen molar-refractivity contribution in [3.05, 3.63) is 65.5 Å². The number of likely N-dealkylation sites (tertiary alicyclic amines) is 1. The van der Waals surface area contributed by atoms with Crippen LogP contribution in [0, 0.1) is 5.82 Å². The first kappa shape index (κ1) is 21.3. The van der Waals surface area contributed by atoms with E-state index in [0.717, 1.165) is 22.4 Å². The molecule has 1 spiro atoms. The number of rotatable bonds is 6. The lowest BCUT2D eigenvalue weighted by Crippen LogP contribution is -2.49. The lowest BCUT2D eigenvalue weighted by Gasteiger charge is -2.42.